The van der Waals surface area contributed by atoms with E-state index in [-0.39, 0.29) is 17.4 Å². The zero-order chi connectivity index (χ0) is 14.0. The summed E-state index contributed by atoms with van der Waals surface area (Å²) in [4.78, 5) is 23.3. The molecule has 19 heavy (non-hydrogen) atoms. The Kier molecular flexibility index (Phi) is 3.46. The van der Waals surface area contributed by atoms with E-state index in [2.05, 4.69) is 10.5 Å². The molecule has 0 bridgehead atoms. The first-order chi connectivity index (χ1) is 8.99. The minimum atomic E-state index is -0.352. The van der Waals surface area contributed by atoms with E-state index in [4.69, 9.17) is 4.52 Å². The SMILES string of the molecule is CC(=O)c1cccc(NC(=O)c2noc(C)c2C)c1. The molecule has 0 spiro atoms. The number of carbonyl (C=O) groups excluding carboxylic acids is 2. The smallest absolute Gasteiger partial charge is 0.278 e. The highest BCUT2D eigenvalue weighted by Gasteiger charge is 2.16. The Bertz CT molecular complexity index is 644. The summed E-state index contributed by atoms with van der Waals surface area (Å²) < 4.78 is 4.95. The summed E-state index contributed by atoms with van der Waals surface area (Å²) in [6, 6.07) is 6.76. The minimum Gasteiger partial charge on any atom is -0.361 e. The Morgan fingerprint density at radius 1 is 1.26 bits per heavy atom. The van der Waals surface area contributed by atoms with Crippen LogP contribution in [0.1, 0.15) is 39.1 Å². The van der Waals surface area contributed by atoms with Crippen molar-refractivity contribution in [1.29, 1.82) is 0 Å². The largest absolute Gasteiger partial charge is 0.361 e. The Labute approximate surface area is 110 Å². The van der Waals surface area contributed by atoms with Crippen LogP contribution in [0.2, 0.25) is 0 Å². The number of aromatic nitrogens is 1. The lowest BCUT2D eigenvalue weighted by molar-refractivity contribution is 0.100. The van der Waals surface area contributed by atoms with E-state index < -0.39 is 0 Å². The van der Waals surface area contributed by atoms with Crippen LogP contribution in [0.3, 0.4) is 0 Å². The van der Waals surface area contributed by atoms with Gasteiger partial charge in [-0.1, -0.05) is 17.3 Å². The molecule has 0 radical (unpaired) electrons. The minimum absolute atomic E-state index is 0.0513. The third kappa shape index (κ3) is 2.70. The Morgan fingerprint density at radius 2 is 2.00 bits per heavy atom. The van der Waals surface area contributed by atoms with Gasteiger partial charge in [0.15, 0.2) is 11.5 Å². The molecule has 5 heteroatoms. The van der Waals surface area contributed by atoms with Crippen molar-refractivity contribution in [2.24, 2.45) is 0 Å². The van der Waals surface area contributed by atoms with Crippen molar-refractivity contribution in [3.8, 4) is 0 Å². The van der Waals surface area contributed by atoms with Gasteiger partial charge in [0.25, 0.3) is 5.91 Å². The van der Waals surface area contributed by atoms with Crippen LogP contribution in [-0.4, -0.2) is 16.8 Å². The van der Waals surface area contributed by atoms with E-state index >= 15 is 0 Å². The molecular formula is C14H14N2O3. The van der Waals surface area contributed by atoms with Crippen molar-refractivity contribution in [2.75, 3.05) is 5.32 Å². The average Bonchev–Trinajstić information content (AvgIpc) is 2.70. The Balaban J connectivity index is 2.22. The third-order valence-electron chi connectivity index (χ3n) is 2.90. The number of benzene rings is 1. The summed E-state index contributed by atoms with van der Waals surface area (Å²) in [5, 5.41) is 6.41. The maximum atomic E-state index is 12.0. The summed E-state index contributed by atoms with van der Waals surface area (Å²) >= 11 is 0. The summed E-state index contributed by atoms with van der Waals surface area (Å²) in [6.45, 7) is 4.99. The van der Waals surface area contributed by atoms with Gasteiger partial charge in [0.05, 0.1) is 0 Å². The van der Waals surface area contributed by atoms with Gasteiger partial charge in [0, 0.05) is 16.8 Å². The van der Waals surface area contributed by atoms with Crippen LogP contribution in [-0.2, 0) is 0 Å². The van der Waals surface area contributed by atoms with E-state index in [9.17, 15) is 9.59 Å². The molecule has 1 aromatic heterocycles. The van der Waals surface area contributed by atoms with Crippen molar-refractivity contribution in [3.05, 3.63) is 46.8 Å². The van der Waals surface area contributed by atoms with Crippen LogP contribution in [0.4, 0.5) is 5.69 Å². The molecule has 0 aliphatic heterocycles. The monoisotopic (exact) mass is 258 g/mol. The molecule has 1 heterocycles. The summed E-state index contributed by atoms with van der Waals surface area (Å²) in [5.74, 6) is 0.210. The standard InChI is InChI=1S/C14H14N2O3/c1-8-10(3)19-16-13(8)14(18)15-12-6-4-5-11(7-12)9(2)17/h4-7H,1-3H3,(H,15,18). The lowest BCUT2D eigenvalue weighted by Gasteiger charge is -2.04. The Hall–Kier alpha value is -2.43. The molecule has 1 aromatic carbocycles. The van der Waals surface area contributed by atoms with Gasteiger partial charge in [-0.25, -0.2) is 0 Å². The zero-order valence-corrected chi connectivity index (χ0v) is 11.0. The maximum Gasteiger partial charge on any atom is 0.278 e. The van der Waals surface area contributed by atoms with Crippen molar-refractivity contribution in [3.63, 3.8) is 0 Å². The third-order valence-corrected chi connectivity index (χ3v) is 2.90. The number of nitrogens with zero attached hydrogens (tertiary/aromatic N) is 1. The van der Waals surface area contributed by atoms with Crippen LogP contribution >= 0.6 is 0 Å². The number of aryl methyl sites for hydroxylation is 1. The fraction of sp³-hybridized carbons (Fsp3) is 0.214. The van der Waals surface area contributed by atoms with Crippen LogP contribution in [0.25, 0.3) is 0 Å². The number of nitrogens with one attached hydrogen (secondary N) is 1. The predicted molar refractivity (Wildman–Crippen MR) is 70.4 cm³/mol. The van der Waals surface area contributed by atoms with Gasteiger partial charge in [0.1, 0.15) is 5.76 Å². The van der Waals surface area contributed by atoms with Gasteiger partial charge in [-0.15, -0.1) is 0 Å². The predicted octanol–water partition coefficient (Wildman–Crippen LogP) is 2.75. The van der Waals surface area contributed by atoms with Crippen molar-refractivity contribution in [2.45, 2.75) is 20.8 Å². The number of ketones is 1. The van der Waals surface area contributed by atoms with E-state index in [1.807, 2.05) is 0 Å². The molecule has 5 nitrogen and oxygen atoms in total. The number of anilines is 1. The molecule has 1 amide bonds. The highest BCUT2D eigenvalue weighted by molar-refractivity contribution is 6.04. The van der Waals surface area contributed by atoms with Crippen LogP contribution in [0.5, 0.6) is 0 Å². The fourth-order valence-corrected chi connectivity index (χ4v) is 1.64. The highest BCUT2D eigenvalue weighted by atomic mass is 16.5. The molecule has 0 saturated heterocycles. The lowest BCUT2D eigenvalue weighted by atomic mass is 10.1. The average molecular weight is 258 g/mol. The van der Waals surface area contributed by atoms with Crippen LogP contribution in [0.15, 0.2) is 28.8 Å². The molecule has 0 unspecified atom stereocenters. The second kappa shape index (κ2) is 5.06. The normalized spacial score (nSPS) is 10.3. The molecule has 0 aliphatic carbocycles. The second-order valence-electron chi connectivity index (χ2n) is 4.30. The van der Waals surface area contributed by atoms with E-state index in [1.165, 1.54) is 6.92 Å². The van der Waals surface area contributed by atoms with Gasteiger partial charge in [-0.2, -0.15) is 0 Å². The van der Waals surface area contributed by atoms with Crippen molar-refractivity contribution < 1.29 is 14.1 Å². The van der Waals surface area contributed by atoms with Crippen LogP contribution in [0, 0.1) is 13.8 Å². The van der Waals surface area contributed by atoms with E-state index in [0.717, 1.165) is 0 Å². The van der Waals surface area contributed by atoms with Gasteiger partial charge in [0.2, 0.25) is 0 Å². The number of amides is 1. The quantitative estimate of drug-likeness (QED) is 0.859. The van der Waals surface area contributed by atoms with Gasteiger partial charge < -0.3 is 9.84 Å². The number of carbonyl (C=O) groups is 2. The van der Waals surface area contributed by atoms with Crippen LogP contribution < -0.4 is 5.32 Å². The summed E-state index contributed by atoms with van der Waals surface area (Å²) in [7, 11) is 0. The molecular weight excluding hydrogens is 244 g/mol. The summed E-state index contributed by atoms with van der Waals surface area (Å²) in [6.07, 6.45) is 0. The first-order valence-corrected chi connectivity index (χ1v) is 5.84. The molecule has 0 aliphatic rings. The molecule has 2 rings (SSSR count). The van der Waals surface area contributed by atoms with Gasteiger partial charge in [-0.3, -0.25) is 9.59 Å². The van der Waals surface area contributed by atoms with Gasteiger partial charge >= 0.3 is 0 Å². The highest BCUT2D eigenvalue weighted by Crippen LogP contribution is 2.15. The first-order valence-electron chi connectivity index (χ1n) is 5.84. The fourth-order valence-electron chi connectivity index (χ4n) is 1.64. The lowest BCUT2D eigenvalue weighted by Crippen LogP contribution is -2.13. The first kappa shape index (κ1) is 13.0. The number of rotatable bonds is 3. The molecule has 98 valence electrons. The Morgan fingerprint density at radius 3 is 2.58 bits per heavy atom. The second-order valence-corrected chi connectivity index (χ2v) is 4.30. The van der Waals surface area contributed by atoms with E-state index in [0.29, 0.717) is 22.6 Å². The number of hydrogen-bond acceptors (Lipinski definition) is 4. The molecule has 0 saturated carbocycles. The topological polar surface area (TPSA) is 72.2 Å². The number of Topliss-reactive ketones (excluding diaryl/α,β-unsaturated/α-hetero) is 1. The molecule has 0 atom stereocenters. The molecule has 1 N–H and O–H groups in total. The van der Waals surface area contributed by atoms with Gasteiger partial charge in [-0.05, 0) is 32.9 Å². The maximum absolute atomic E-state index is 12.0. The zero-order valence-electron chi connectivity index (χ0n) is 11.0. The van der Waals surface area contributed by atoms with Crippen molar-refractivity contribution >= 4 is 17.4 Å². The van der Waals surface area contributed by atoms with Crippen molar-refractivity contribution in [1.82, 2.24) is 5.16 Å². The molecule has 2 aromatic rings. The van der Waals surface area contributed by atoms with E-state index in [1.54, 1.807) is 38.1 Å². The summed E-state index contributed by atoms with van der Waals surface area (Å²) in [5.41, 5.74) is 2.06. The number of hydrogen-bond donors (Lipinski definition) is 1. The molecule has 0 fully saturated rings.